The molecule has 2 nitrogen and oxygen atoms in total. The molecule has 0 aromatic heterocycles. The Labute approximate surface area is 104 Å². The lowest BCUT2D eigenvalue weighted by Crippen LogP contribution is -2.22. The van der Waals surface area contributed by atoms with Crippen molar-refractivity contribution in [2.45, 2.75) is 13.0 Å². The van der Waals surface area contributed by atoms with Crippen LogP contribution in [0.15, 0.2) is 40.9 Å². The smallest absolute Gasteiger partial charge is 0.120 e. The molecule has 0 saturated heterocycles. The van der Waals surface area contributed by atoms with Crippen LogP contribution >= 0.6 is 15.9 Å². The molecular weight excluding hydrogens is 266 g/mol. The third-order valence-corrected chi connectivity index (χ3v) is 2.94. The number of halogens is 1. The van der Waals surface area contributed by atoms with Crippen molar-refractivity contribution in [2.24, 2.45) is 5.73 Å². The summed E-state index contributed by atoms with van der Waals surface area (Å²) in [6, 6.07) is 12.2. The number of benzene rings is 2. The summed E-state index contributed by atoms with van der Waals surface area (Å²) in [4.78, 5) is 0. The van der Waals surface area contributed by atoms with E-state index in [0.717, 1.165) is 10.2 Å². The molecule has 2 N–H and O–H groups in total. The van der Waals surface area contributed by atoms with Gasteiger partial charge < -0.3 is 10.5 Å². The lowest BCUT2D eigenvalue weighted by molar-refractivity contribution is 0.230. The fourth-order valence-electron chi connectivity index (χ4n) is 1.55. The fourth-order valence-corrected chi connectivity index (χ4v) is 1.93. The van der Waals surface area contributed by atoms with Gasteiger partial charge >= 0.3 is 0 Å². The summed E-state index contributed by atoms with van der Waals surface area (Å²) in [5.74, 6) is 0.868. The molecular formula is C13H14BrNO. The molecule has 0 spiro atoms. The number of ether oxygens (including phenoxy) is 1. The number of nitrogens with two attached hydrogens (primary N) is 1. The Bertz CT molecular complexity index is 498. The molecule has 84 valence electrons. The highest BCUT2D eigenvalue weighted by Gasteiger charge is 2.02. The second kappa shape index (κ2) is 4.85. The molecule has 1 unspecified atom stereocenters. The summed E-state index contributed by atoms with van der Waals surface area (Å²) in [6.45, 7) is 2.49. The van der Waals surface area contributed by atoms with Gasteiger partial charge in [-0.1, -0.05) is 28.1 Å². The molecule has 0 aliphatic carbocycles. The standard InChI is InChI=1S/C13H14BrNO/c1-9(8-15)16-13-5-3-10-6-12(14)4-2-11(10)7-13/h2-7,9H,8,15H2,1H3. The van der Waals surface area contributed by atoms with Crippen molar-refractivity contribution in [3.8, 4) is 5.75 Å². The number of rotatable bonds is 3. The van der Waals surface area contributed by atoms with Crippen LogP contribution in [0.4, 0.5) is 0 Å². The Morgan fingerprint density at radius 3 is 2.62 bits per heavy atom. The largest absolute Gasteiger partial charge is 0.489 e. The van der Waals surface area contributed by atoms with Gasteiger partial charge in [0.15, 0.2) is 0 Å². The Kier molecular flexibility index (Phi) is 3.46. The van der Waals surface area contributed by atoms with Crippen molar-refractivity contribution in [1.29, 1.82) is 0 Å². The van der Waals surface area contributed by atoms with Crippen molar-refractivity contribution < 1.29 is 4.74 Å². The minimum atomic E-state index is 0.0490. The second-order valence-corrected chi connectivity index (χ2v) is 4.73. The predicted molar refractivity (Wildman–Crippen MR) is 70.8 cm³/mol. The van der Waals surface area contributed by atoms with Crippen LogP contribution in [-0.4, -0.2) is 12.6 Å². The van der Waals surface area contributed by atoms with Crippen molar-refractivity contribution in [2.75, 3.05) is 6.54 Å². The third-order valence-electron chi connectivity index (χ3n) is 2.44. The van der Waals surface area contributed by atoms with Gasteiger partial charge in [-0.05, 0) is 42.0 Å². The Hall–Kier alpha value is -1.06. The Morgan fingerprint density at radius 2 is 1.88 bits per heavy atom. The van der Waals surface area contributed by atoms with E-state index in [1.807, 2.05) is 25.1 Å². The van der Waals surface area contributed by atoms with E-state index in [1.54, 1.807) is 0 Å². The van der Waals surface area contributed by atoms with E-state index in [0.29, 0.717) is 6.54 Å². The van der Waals surface area contributed by atoms with E-state index in [4.69, 9.17) is 10.5 Å². The summed E-state index contributed by atoms with van der Waals surface area (Å²) in [7, 11) is 0. The summed E-state index contributed by atoms with van der Waals surface area (Å²) in [6.07, 6.45) is 0.0490. The first kappa shape index (κ1) is 11.4. The van der Waals surface area contributed by atoms with Crippen molar-refractivity contribution in [3.05, 3.63) is 40.9 Å². The van der Waals surface area contributed by atoms with Crippen LogP contribution in [0.1, 0.15) is 6.92 Å². The van der Waals surface area contributed by atoms with Crippen molar-refractivity contribution in [3.63, 3.8) is 0 Å². The zero-order valence-electron chi connectivity index (χ0n) is 9.11. The van der Waals surface area contributed by atoms with Crippen LogP contribution < -0.4 is 10.5 Å². The molecule has 3 heteroatoms. The summed E-state index contributed by atoms with van der Waals surface area (Å²) < 4.78 is 6.75. The van der Waals surface area contributed by atoms with E-state index >= 15 is 0 Å². The predicted octanol–water partition coefficient (Wildman–Crippen LogP) is 3.33. The summed E-state index contributed by atoms with van der Waals surface area (Å²) >= 11 is 3.45. The zero-order valence-corrected chi connectivity index (χ0v) is 10.7. The maximum Gasteiger partial charge on any atom is 0.120 e. The summed E-state index contributed by atoms with van der Waals surface area (Å²) in [5.41, 5.74) is 5.52. The molecule has 1 atom stereocenters. The van der Waals surface area contributed by atoms with Crippen LogP contribution in [0.2, 0.25) is 0 Å². The quantitative estimate of drug-likeness (QED) is 0.936. The fraction of sp³-hybridized carbons (Fsp3) is 0.231. The zero-order chi connectivity index (χ0) is 11.5. The molecule has 0 bridgehead atoms. The van der Waals surface area contributed by atoms with Gasteiger partial charge in [0.1, 0.15) is 11.9 Å². The highest BCUT2D eigenvalue weighted by Crippen LogP contribution is 2.24. The van der Waals surface area contributed by atoms with Crippen LogP contribution in [0.3, 0.4) is 0 Å². The van der Waals surface area contributed by atoms with Gasteiger partial charge in [0.25, 0.3) is 0 Å². The monoisotopic (exact) mass is 279 g/mol. The Balaban J connectivity index is 2.33. The van der Waals surface area contributed by atoms with Crippen LogP contribution in [0.25, 0.3) is 10.8 Å². The van der Waals surface area contributed by atoms with Gasteiger partial charge in [-0.3, -0.25) is 0 Å². The first-order valence-electron chi connectivity index (χ1n) is 5.25. The lowest BCUT2D eigenvalue weighted by Gasteiger charge is -2.12. The molecule has 0 radical (unpaired) electrons. The molecule has 0 aliphatic heterocycles. The van der Waals surface area contributed by atoms with Crippen LogP contribution in [0, 0.1) is 0 Å². The molecule has 0 amide bonds. The number of hydrogen-bond donors (Lipinski definition) is 1. The maximum absolute atomic E-state index is 5.67. The average molecular weight is 280 g/mol. The first-order valence-corrected chi connectivity index (χ1v) is 6.04. The van der Waals surface area contributed by atoms with Gasteiger partial charge in [-0.2, -0.15) is 0 Å². The van der Waals surface area contributed by atoms with E-state index in [9.17, 15) is 0 Å². The van der Waals surface area contributed by atoms with Gasteiger partial charge in [0.2, 0.25) is 0 Å². The van der Waals surface area contributed by atoms with Crippen LogP contribution in [-0.2, 0) is 0 Å². The third kappa shape index (κ3) is 2.54. The molecule has 0 heterocycles. The second-order valence-electron chi connectivity index (χ2n) is 3.82. The van der Waals surface area contributed by atoms with Crippen molar-refractivity contribution >= 4 is 26.7 Å². The molecule has 0 saturated carbocycles. The molecule has 16 heavy (non-hydrogen) atoms. The first-order chi connectivity index (χ1) is 7.69. The van der Waals surface area contributed by atoms with E-state index in [-0.39, 0.29) is 6.10 Å². The van der Waals surface area contributed by atoms with Gasteiger partial charge in [-0.25, -0.2) is 0 Å². The van der Waals surface area contributed by atoms with Crippen molar-refractivity contribution in [1.82, 2.24) is 0 Å². The minimum absolute atomic E-state index is 0.0490. The number of hydrogen-bond acceptors (Lipinski definition) is 2. The normalized spacial score (nSPS) is 12.7. The minimum Gasteiger partial charge on any atom is -0.489 e. The Morgan fingerprint density at radius 1 is 1.19 bits per heavy atom. The van der Waals surface area contributed by atoms with Gasteiger partial charge in [-0.15, -0.1) is 0 Å². The molecule has 2 aromatic rings. The van der Waals surface area contributed by atoms with E-state index in [2.05, 4.69) is 34.1 Å². The maximum atomic E-state index is 5.67. The average Bonchev–Trinajstić information content (AvgIpc) is 2.29. The van der Waals surface area contributed by atoms with E-state index in [1.165, 1.54) is 10.8 Å². The highest BCUT2D eigenvalue weighted by molar-refractivity contribution is 9.10. The summed E-state index contributed by atoms with van der Waals surface area (Å²) in [5, 5.41) is 2.37. The van der Waals surface area contributed by atoms with E-state index < -0.39 is 0 Å². The molecule has 2 rings (SSSR count). The van der Waals surface area contributed by atoms with Gasteiger partial charge in [0.05, 0.1) is 0 Å². The SMILES string of the molecule is CC(CN)Oc1ccc2cc(Br)ccc2c1. The number of fused-ring (bicyclic) bond motifs is 1. The van der Waals surface area contributed by atoms with Gasteiger partial charge in [0, 0.05) is 11.0 Å². The highest BCUT2D eigenvalue weighted by atomic mass is 79.9. The molecule has 0 fully saturated rings. The molecule has 0 aliphatic rings. The van der Waals surface area contributed by atoms with Crippen LogP contribution in [0.5, 0.6) is 5.75 Å². The topological polar surface area (TPSA) is 35.2 Å². The lowest BCUT2D eigenvalue weighted by atomic mass is 10.1. The molecule has 2 aromatic carbocycles.